The van der Waals surface area contributed by atoms with E-state index >= 15 is 0 Å². The Bertz CT molecular complexity index is 202. The normalized spacial score (nSPS) is 32.1. The zero-order chi connectivity index (χ0) is 9.97. The summed E-state index contributed by atoms with van der Waals surface area (Å²) in [6.07, 6.45) is 7.09. The van der Waals surface area contributed by atoms with Gasteiger partial charge in [-0.2, -0.15) is 0 Å². The highest BCUT2D eigenvalue weighted by atomic mass is 16.5. The van der Waals surface area contributed by atoms with Crippen LogP contribution in [0.1, 0.15) is 45.4 Å². The molecule has 2 aliphatic carbocycles. The maximum absolute atomic E-state index is 11.7. The van der Waals surface area contributed by atoms with Gasteiger partial charge in [-0.15, -0.1) is 0 Å². The minimum absolute atomic E-state index is 0.432. The maximum atomic E-state index is 11.7. The molecule has 2 nitrogen and oxygen atoms in total. The third-order valence-electron chi connectivity index (χ3n) is 3.65. The molecule has 0 saturated heterocycles. The summed E-state index contributed by atoms with van der Waals surface area (Å²) >= 11 is 0. The van der Waals surface area contributed by atoms with Crippen molar-refractivity contribution in [3.05, 3.63) is 0 Å². The van der Waals surface area contributed by atoms with Crippen LogP contribution in [0.25, 0.3) is 0 Å². The molecule has 14 heavy (non-hydrogen) atoms. The molecule has 0 radical (unpaired) electrons. The van der Waals surface area contributed by atoms with Crippen molar-refractivity contribution in [1.82, 2.24) is 0 Å². The van der Waals surface area contributed by atoms with Gasteiger partial charge in [-0.05, 0) is 38.5 Å². The van der Waals surface area contributed by atoms with Crippen LogP contribution in [0, 0.1) is 11.8 Å². The van der Waals surface area contributed by atoms with E-state index in [-0.39, 0.29) is 0 Å². The van der Waals surface area contributed by atoms with Crippen LogP contribution in [0.5, 0.6) is 0 Å². The lowest BCUT2D eigenvalue weighted by atomic mass is 9.73. The number of Topliss-reactive ketones (excluding diaryl/α,β-unsaturated/α-hetero) is 1. The van der Waals surface area contributed by atoms with Gasteiger partial charge in [-0.3, -0.25) is 4.79 Å². The maximum Gasteiger partial charge on any atom is 0.136 e. The third-order valence-corrected chi connectivity index (χ3v) is 3.65. The van der Waals surface area contributed by atoms with E-state index in [9.17, 15) is 4.79 Å². The second-order valence-electron chi connectivity index (χ2n) is 4.71. The molecule has 0 amide bonds. The molecule has 2 heteroatoms. The number of hydrogen-bond donors (Lipinski definition) is 0. The molecule has 0 heterocycles. The quantitative estimate of drug-likeness (QED) is 0.675. The van der Waals surface area contributed by atoms with Crippen LogP contribution in [0.15, 0.2) is 0 Å². The fraction of sp³-hybridized carbons (Fsp3) is 0.917. The van der Waals surface area contributed by atoms with E-state index in [0.29, 0.717) is 23.7 Å². The van der Waals surface area contributed by atoms with Gasteiger partial charge < -0.3 is 4.74 Å². The van der Waals surface area contributed by atoms with Crippen LogP contribution in [0.2, 0.25) is 0 Å². The fourth-order valence-corrected chi connectivity index (χ4v) is 2.39. The van der Waals surface area contributed by atoms with E-state index in [2.05, 4.69) is 0 Å². The van der Waals surface area contributed by atoms with Crippen molar-refractivity contribution in [2.24, 2.45) is 11.8 Å². The lowest BCUT2D eigenvalue weighted by molar-refractivity contribution is -0.128. The average Bonchev–Trinajstić information content (AvgIpc) is 1.97. The van der Waals surface area contributed by atoms with Crippen LogP contribution in [0.3, 0.4) is 0 Å². The highest BCUT2D eigenvalue weighted by Crippen LogP contribution is 2.36. The fourth-order valence-electron chi connectivity index (χ4n) is 2.39. The lowest BCUT2D eigenvalue weighted by Crippen LogP contribution is -2.34. The van der Waals surface area contributed by atoms with Crippen LogP contribution in [0.4, 0.5) is 0 Å². The van der Waals surface area contributed by atoms with Crippen molar-refractivity contribution >= 4 is 5.78 Å². The summed E-state index contributed by atoms with van der Waals surface area (Å²) in [6.45, 7) is 2.85. The Kier molecular flexibility index (Phi) is 3.22. The number of rotatable bonds is 5. The number of hydrogen-bond acceptors (Lipinski definition) is 2. The summed E-state index contributed by atoms with van der Waals surface area (Å²) in [5.41, 5.74) is 0. The van der Waals surface area contributed by atoms with Crippen molar-refractivity contribution in [3.63, 3.8) is 0 Å². The molecule has 0 aromatic rings. The molecule has 2 aliphatic rings. The zero-order valence-corrected chi connectivity index (χ0v) is 9.00. The van der Waals surface area contributed by atoms with E-state index in [1.54, 1.807) is 0 Å². The highest BCUT2D eigenvalue weighted by Gasteiger charge is 2.34. The molecule has 80 valence electrons. The standard InChI is InChI=1S/C12H20O2/c1-2-14-11-6-9(7-11)8-12(13)10-4-3-5-10/h9-11H,2-8H2,1H3. The third kappa shape index (κ3) is 2.17. The van der Waals surface area contributed by atoms with Gasteiger partial charge in [0.2, 0.25) is 0 Å². The largest absolute Gasteiger partial charge is 0.378 e. The van der Waals surface area contributed by atoms with Crippen molar-refractivity contribution < 1.29 is 9.53 Å². The highest BCUT2D eigenvalue weighted by molar-refractivity contribution is 5.82. The number of ketones is 1. The van der Waals surface area contributed by atoms with Gasteiger partial charge in [0, 0.05) is 18.9 Å². The first kappa shape index (κ1) is 10.2. The molecule has 2 saturated carbocycles. The molecule has 0 unspecified atom stereocenters. The Morgan fingerprint density at radius 2 is 2.07 bits per heavy atom. The summed E-state index contributed by atoms with van der Waals surface area (Å²) in [4.78, 5) is 11.7. The van der Waals surface area contributed by atoms with Crippen molar-refractivity contribution in [2.45, 2.75) is 51.6 Å². The van der Waals surface area contributed by atoms with Gasteiger partial charge in [0.05, 0.1) is 6.10 Å². The molecule has 2 fully saturated rings. The molecule has 0 aliphatic heterocycles. The topological polar surface area (TPSA) is 26.3 Å². The Morgan fingerprint density at radius 1 is 1.36 bits per heavy atom. The van der Waals surface area contributed by atoms with Crippen LogP contribution >= 0.6 is 0 Å². The summed E-state index contributed by atoms with van der Waals surface area (Å²) in [5, 5.41) is 0. The molecular weight excluding hydrogens is 176 g/mol. The minimum Gasteiger partial charge on any atom is -0.378 e. The number of carbonyl (C=O) groups excluding carboxylic acids is 1. The molecule has 0 aromatic carbocycles. The summed E-state index contributed by atoms with van der Waals surface area (Å²) in [7, 11) is 0. The van der Waals surface area contributed by atoms with Crippen molar-refractivity contribution in [1.29, 1.82) is 0 Å². The Hall–Kier alpha value is -0.370. The Balaban J connectivity index is 1.61. The number of ether oxygens (including phenoxy) is 1. The molecule has 0 N–H and O–H groups in total. The SMILES string of the molecule is CCOC1CC(CC(=O)C2CCC2)C1. The number of carbonyl (C=O) groups is 1. The van der Waals surface area contributed by atoms with E-state index in [4.69, 9.17) is 4.74 Å². The molecule has 0 bridgehead atoms. The molecule has 0 aromatic heterocycles. The monoisotopic (exact) mass is 196 g/mol. The second-order valence-corrected chi connectivity index (χ2v) is 4.71. The molecular formula is C12H20O2. The summed E-state index contributed by atoms with van der Waals surface area (Å²) in [6, 6.07) is 0. The zero-order valence-electron chi connectivity index (χ0n) is 9.00. The van der Waals surface area contributed by atoms with Gasteiger partial charge in [-0.1, -0.05) is 6.42 Å². The van der Waals surface area contributed by atoms with Crippen LogP contribution in [-0.2, 0) is 9.53 Å². The van der Waals surface area contributed by atoms with E-state index in [1.165, 1.54) is 6.42 Å². The van der Waals surface area contributed by atoms with Gasteiger partial charge in [-0.25, -0.2) is 0 Å². The lowest BCUT2D eigenvalue weighted by Gasteiger charge is -2.36. The van der Waals surface area contributed by atoms with Gasteiger partial charge in [0.25, 0.3) is 0 Å². The Labute approximate surface area is 86.0 Å². The van der Waals surface area contributed by atoms with Crippen molar-refractivity contribution in [2.75, 3.05) is 6.61 Å². The first-order valence-corrected chi connectivity index (χ1v) is 5.94. The van der Waals surface area contributed by atoms with E-state index in [1.807, 2.05) is 6.92 Å². The van der Waals surface area contributed by atoms with E-state index in [0.717, 1.165) is 38.7 Å². The first-order chi connectivity index (χ1) is 6.79. The second kappa shape index (κ2) is 4.43. The Morgan fingerprint density at radius 3 is 2.57 bits per heavy atom. The predicted octanol–water partition coefficient (Wildman–Crippen LogP) is 2.56. The van der Waals surface area contributed by atoms with Crippen molar-refractivity contribution in [3.8, 4) is 0 Å². The summed E-state index contributed by atoms with van der Waals surface area (Å²) < 4.78 is 5.48. The average molecular weight is 196 g/mol. The predicted molar refractivity (Wildman–Crippen MR) is 55.1 cm³/mol. The first-order valence-electron chi connectivity index (χ1n) is 5.94. The van der Waals surface area contributed by atoms with Crippen LogP contribution < -0.4 is 0 Å². The van der Waals surface area contributed by atoms with Gasteiger partial charge in [0.1, 0.15) is 5.78 Å². The molecule has 0 spiro atoms. The molecule has 0 atom stereocenters. The smallest absolute Gasteiger partial charge is 0.136 e. The minimum atomic E-state index is 0.432. The summed E-state index contributed by atoms with van der Waals surface area (Å²) in [5.74, 6) is 1.59. The van der Waals surface area contributed by atoms with Gasteiger partial charge >= 0.3 is 0 Å². The van der Waals surface area contributed by atoms with Crippen LogP contribution in [-0.4, -0.2) is 18.5 Å². The molecule has 2 rings (SSSR count). The van der Waals surface area contributed by atoms with Gasteiger partial charge in [0.15, 0.2) is 0 Å². The van der Waals surface area contributed by atoms with E-state index < -0.39 is 0 Å².